The zero-order valence-corrected chi connectivity index (χ0v) is 12.6. The normalized spacial score (nSPS) is 11.0. The van der Waals surface area contributed by atoms with Crippen molar-refractivity contribution in [3.05, 3.63) is 59.4 Å². The smallest absolute Gasteiger partial charge is 0.418 e. The summed E-state index contributed by atoms with van der Waals surface area (Å²) >= 11 is 0. The van der Waals surface area contributed by atoms with Crippen LogP contribution in [0.1, 0.15) is 11.1 Å². The van der Waals surface area contributed by atoms with Crippen LogP contribution < -0.4 is 15.4 Å². The van der Waals surface area contributed by atoms with Crippen LogP contribution in [0.4, 0.5) is 28.0 Å². The Morgan fingerprint density at radius 1 is 1.17 bits per heavy atom. The van der Waals surface area contributed by atoms with E-state index >= 15 is 0 Å². The first-order valence-electron chi connectivity index (χ1n) is 6.84. The van der Waals surface area contributed by atoms with Crippen molar-refractivity contribution >= 4 is 11.7 Å². The molecular formula is C16H14F4N2O2. The first-order chi connectivity index (χ1) is 11.3. The van der Waals surface area contributed by atoms with Crippen molar-refractivity contribution < 1.29 is 27.1 Å². The molecule has 0 unspecified atom stereocenters. The molecule has 0 bridgehead atoms. The molecule has 0 aliphatic rings. The fourth-order valence-corrected chi connectivity index (χ4v) is 2.01. The van der Waals surface area contributed by atoms with Gasteiger partial charge in [0.2, 0.25) is 0 Å². The van der Waals surface area contributed by atoms with Crippen molar-refractivity contribution in [1.29, 1.82) is 0 Å². The molecule has 2 rings (SSSR count). The Morgan fingerprint density at radius 3 is 2.54 bits per heavy atom. The van der Waals surface area contributed by atoms with Crippen molar-refractivity contribution in [3.63, 3.8) is 0 Å². The second-order valence-electron chi connectivity index (χ2n) is 4.82. The molecule has 0 atom stereocenters. The predicted octanol–water partition coefficient (Wildman–Crippen LogP) is 4.17. The number of nitrogens with one attached hydrogen (secondary N) is 2. The fourth-order valence-electron chi connectivity index (χ4n) is 2.01. The second-order valence-corrected chi connectivity index (χ2v) is 4.82. The topological polar surface area (TPSA) is 50.4 Å². The Labute approximate surface area is 135 Å². The molecule has 0 aliphatic heterocycles. The third-order valence-electron chi connectivity index (χ3n) is 3.14. The van der Waals surface area contributed by atoms with Gasteiger partial charge in [-0.25, -0.2) is 9.18 Å². The first-order valence-corrected chi connectivity index (χ1v) is 6.84. The number of hydrogen-bond acceptors (Lipinski definition) is 2. The van der Waals surface area contributed by atoms with Gasteiger partial charge in [0.1, 0.15) is 11.6 Å². The number of benzene rings is 2. The van der Waals surface area contributed by atoms with E-state index in [-0.39, 0.29) is 6.54 Å². The lowest BCUT2D eigenvalue weighted by atomic mass is 10.1. The van der Waals surface area contributed by atoms with Crippen LogP contribution in [0.5, 0.6) is 5.75 Å². The van der Waals surface area contributed by atoms with Gasteiger partial charge in [-0.3, -0.25) is 0 Å². The SMILES string of the molecule is COc1cccc(CNC(=O)Nc2c(F)cccc2C(F)(F)F)c1. The summed E-state index contributed by atoms with van der Waals surface area (Å²) in [6, 6.07) is 8.28. The van der Waals surface area contributed by atoms with Crippen molar-refractivity contribution in [2.24, 2.45) is 0 Å². The van der Waals surface area contributed by atoms with E-state index in [0.717, 1.165) is 12.1 Å². The van der Waals surface area contributed by atoms with Crippen LogP contribution in [-0.2, 0) is 12.7 Å². The summed E-state index contributed by atoms with van der Waals surface area (Å²) in [5.74, 6) is -0.593. The quantitative estimate of drug-likeness (QED) is 0.819. The first kappa shape index (κ1) is 17.6. The van der Waals surface area contributed by atoms with Crippen LogP contribution in [0.2, 0.25) is 0 Å². The van der Waals surface area contributed by atoms with E-state index in [2.05, 4.69) is 5.32 Å². The van der Waals surface area contributed by atoms with E-state index in [1.807, 2.05) is 5.32 Å². The van der Waals surface area contributed by atoms with Crippen LogP contribution in [0.15, 0.2) is 42.5 Å². The molecule has 24 heavy (non-hydrogen) atoms. The molecule has 128 valence electrons. The van der Waals surface area contributed by atoms with Gasteiger partial charge in [-0.15, -0.1) is 0 Å². The van der Waals surface area contributed by atoms with E-state index in [9.17, 15) is 22.4 Å². The van der Waals surface area contributed by atoms with Crippen LogP contribution in [0.3, 0.4) is 0 Å². The molecule has 0 saturated heterocycles. The molecule has 0 spiro atoms. The number of para-hydroxylation sites is 1. The number of carbonyl (C=O) groups excluding carboxylic acids is 1. The van der Waals surface area contributed by atoms with Gasteiger partial charge in [-0.05, 0) is 29.8 Å². The maximum absolute atomic E-state index is 13.6. The number of ether oxygens (including phenoxy) is 1. The Bertz CT molecular complexity index is 732. The van der Waals surface area contributed by atoms with Gasteiger partial charge in [0, 0.05) is 6.54 Å². The van der Waals surface area contributed by atoms with Gasteiger partial charge in [-0.2, -0.15) is 13.2 Å². The molecule has 8 heteroatoms. The van der Waals surface area contributed by atoms with Crippen LogP contribution in [0, 0.1) is 5.82 Å². The van der Waals surface area contributed by atoms with E-state index < -0.39 is 29.3 Å². The molecule has 0 fully saturated rings. The second kappa shape index (κ2) is 7.20. The minimum Gasteiger partial charge on any atom is -0.497 e. The summed E-state index contributed by atoms with van der Waals surface area (Å²) in [6.45, 7) is 0.0405. The Hall–Kier alpha value is -2.77. The van der Waals surface area contributed by atoms with Crippen molar-refractivity contribution in [2.45, 2.75) is 12.7 Å². The molecule has 2 amide bonds. The summed E-state index contributed by atoms with van der Waals surface area (Å²) in [7, 11) is 1.48. The fraction of sp³-hybridized carbons (Fsp3) is 0.188. The van der Waals surface area contributed by atoms with Crippen molar-refractivity contribution in [2.75, 3.05) is 12.4 Å². The number of carbonyl (C=O) groups is 1. The molecule has 2 N–H and O–H groups in total. The van der Waals surface area contributed by atoms with Gasteiger partial charge >= 0.3 is 12.2 Å². The predicted molar refractivity (Wildman–Crippen MR) is 80.3 cm³/mol. The summed E-state index contributed by atoms with van der Waals surface area (Å²) in [5, 5.41) is 4.27. The minimum atomic E-state index is -4.78. The van der Waals surface area contributed by atoms with Crippen LogP contribution in [-0.4, -0.2) is 13.1 Å². The molecule has 0 saturated carbocycles. The Morgan fingerprint density at radius 2 is 1.88 bits per heavy atom. The minimum absolute atomic E-state index is 0.0405. The summed E-state index contributed by atoms with van der Waals surface area (Å²) < 4.78 is 57.2. The number of halogens is 4. The highest BCUT2D eigenvalue weighted by Crippen LogP contribution is 2.36. The van der Waals surface area contributed by atoms with Crippen molar-refractivity contribution in [3.8, 4) is 5.75 Å². The van der Waals surface area contributed by atoms with Crippen LogP contribution >= 0.6 is 0 Å². The maximum Gasteiger partial charge on any atom is 0.418 e. The van der Waals surface area contributed by atoms with E-state index in [4.69, 9.17) is 4.74 Å². The number of urea groups is 1. The standard InChI is InChI=1S/C16H14F4N2O2/c1-24-11-5-2-4-10(8-11)9-21-15(23)22-14-12(16(18,19)20)6-3-7-13(14)17/h2-8H,9H2,1H3,(H2,21,22,23). The number of amides is 2. The zero-order chi connectivity index (χ0) is 17.7. The highest BCUT2D eigenvalue weighted by atomic mass is 19.4. The lowest BCUT2D eigenvalue weighted by Gasteiger charge is -2.15. The Balaban J connectivity index is 2.07. The molecule has 0 aromatic heterocycles. The van der Waals surface area contributed by atoms with Gasteiger partial charge in [0.25, 0.3) is 0 Å². The Kier molecular flexibility index (Phi) is 5.28. The lowest BCUT2D eigenvalue weighted by molar-refractivity contribution is -0.137. The maximum atomic E-state index is 13.6. The lowest BCUT2D eigenvalue weighted by Crippen LogP contribution is -2.29. The number of anilines is 1. The number of hydrogen-bond donors (Lipinski definition) is 2. The van der Waals surface area contributed by atoms with Gasteiger partial charge in [0.15, 0.2) is 0 Å². The number of rotatable bonds is 4. The average Bonchev–Trinajstić information content (AvgIpc) is 2.54. The average molecular weight is 342 g/mol. The zero-order valence-electron chi connectivity index (χ0n) is 12.6. The van der Waals surface area contributed by atoms with Crippen molar-refractivity contribution in [1.82, 2.24) is 5.32 Å². The number of alkyl halides is 3. The molecule has 2 aromatic carbocycles. The molecular weight excluding hydrogens is 328 g/mol. The molecule has 4 nitrogen and oxygen atoms in total. The van der Waals surface area contributed by atoms with E-state index in [0.29, 0.717) is 17.4 Å². The third-order valence-corrected chi connectivity index (χ3v) is 3.14. The highest BCUT2D eigenvalue weighted by Gasteiger charge is 2.35. The van der Waals surface area contributed by atoms with Crippen LogP contribution in [0.25, 0.3) is 0 Å². The van der Waals surface area contributed by atoms with E-state index in [1.54, 1.807) is 24.3 Å². The van der Waals surface area contributed by atoms with Gasteiger partial charge in [0.05, 0.1) is 18.4 Å². The van der Waals surface area contributed by atoms with E-state index in [1.165, 1.54) is 7.11 Å². The molecule has 0 aliphatic carbocycles. The summed E-state index contributed by atoms with van der Waals surface area (Å²) in [4.78, 5) is 11.8. The number of methoxy groups -OCH3 is 1. The third kappa shape index (κ3) is 4.37. The largest absolute Gasteiger partial charge is 0.497 e. The highest BCUT2D eigenvalue weighted by molar-refractivity contribution is 5.90. The monoisotopic (exact) mass is 342 g/mol. The summed E-state index contributed by atoms with van der Waals surface area (Å²) in [5.41, 5.74) is -1.48. The van der Waals surface area contributed by atoms with Gasteiger partial charge in [-0.1, -0.05) is 18.2 Å². The summed E-state index contributed by atoms with van der Waals surface area (Å²) in [6.07, 6.45) is -4.78. The van der Waals surface area contributed by atoms with Gasteiger partial charge < -0.3 is 15.4 Å². The molecule has 2 aromatic rings. The molecule has 0 heterocycles. The molecule has 0 radical (unpaired) electrons.